The number of nitriles is 1. The van der Waals surface area contributed by atoms with Crippen molar-refractivity contribution in [1.29, 1.82) is 5.26 Å². The minimum Gasteiger partial charge on any atom is -0.489 e. The second-order valence-corrected chi connectivity index (χ2v) is 9.37. The van der Waals surface area contributed by atoms with E-state index in [9.17, 15) is 14.9 Å². The lowest BCUT2D eigenvalue weighted by Crippen LogP contribution is -2.32. The first-order valence-electron chi connectivity index (χ1n) is 11.6. The van der Waals surface area contributed by atoms with Crippen LogP contribution in [0.4, 0.5) is 5.69 Å². The predicted molar refractivity (Wildman–Crippen MR) is 148 cm³/mol. The molecule has 0 unspecified atom stereocenters. The Morgan fingerprint density at radius 2 is 1.70 bits per heavy atom. The van der Waals surface area contributed by atoms with Gasteiger partial charge in [0, 0.05) is 11.3 Å². The molecule has 0 radical (unpaired) electrons. The minimum absolute atomic E-state index is 0.154. The van der Waals surface area contributed by atoms with Crippen LogP contribution in [0.1, 0.15) is 16.7 Å². The molecule has 1 heterocycles. The third kappa shape index (κ3) is 5.77. The van der Waals surface area contributed by atoms with E-state index in [0.29, 0.717) is 33.8 Å². The van der Waals surface area contributed by atoms with Gasteiger partial charge in [0.05, 0.1) is 10.2 Å². The van der Waals surface area contributed by atoms with Gasteiger partial charge in [-0.15, -0.1) is 11.3 Å². The highest BCUT2D eigenvalue weighted by atomic mass is 32.1. The number of thiazole rings is 1. The lowest BCUT2D eigenvalue weighted by molar-refractivity contribution is -0.111. The molecule has 4 aromatic rings. The van der Waals surface area contributed by atoms with Crippen LogP contribution in [0.15, 0.2) is 90.2 Å². The average molecular weight is 508 g/mol. The van der Waals surface area contributed by atoms with E-state index in [-0.39, 0.29) is 15.8 Å². The minimum atomic E-state index is -0.588. The Bertz CT molecular complexity index is 1670. The van der Waals surface area contributed by atoms with Gasteiger partial charge in [-0.1, -0.05) is 66.2 Å². The van der Waals surface area contributed by atoms with Crippen LogP contribution in [-0.2, 0) is 4.79 Å². The fraction of sp³-hybridized carbons (Fsp3) is 0.100. The zero-order chi connectivity index (χ0) is 26.4. The van der Waals surface area contributed by atoms with E-state index in [0.717, 1.165) is 22.5 Å². The van der Waals surface area contributed by atoms with Crippen LogP contribution < -0.4 is 24.8 Å². The summed E-state index contributed by atoms with van der Waals surface area (Å²) in [5.74, 6) is 0.00923. The Hall–Kier alpha value is -4.67. The Kier molecular flexibility index (Phi) is 7.82. The van der Waals surface area contributed by atoms with E-state index < -0.39 is 5.91 Å². The van der Waals surface area contributed by atoms with E-state index in [4.69, 9.17) is 4.74 Å². The molecule has 0 aliphatic heterocycles. The third-order valence-corrected chi connectivity index (χ3v) is 6.63. The van der Waals surface area contributed by atoms with E-state index in [2.05, 4.69) is 11.9 Å². The molecule has 0 atom stereocenters. The molecular weight excluding hydrogens is 482 g/mol. The number of anilines is 1. The van der Waals surface area contributed by atoms with Crippen LogP contribution in [0.2, 0.25) is 0 Å². The third-order valence-electron chi connectivity index (χ3n) is 5.54. The van der Waals surface area contributed by atoms with Gasteiger partial charge in [0.25, 0.3) is 11.5 Å². The maximum Gasteiger partial charge on any atom is 0.273 e. The first-order valence-corrected chi connectivity index (χ1v) is 12.4. The number of hydrogen-bond donors (Lipinski definition) is 1. The highest BCUT2D eigenvalue weighted by molar-refractivity contribution is 7.07. The number of benzene rings is 3. The van der Waals surface area contributed by atoms with Gasteiger partial charge in [0.1, 0.15) is 23.1 Å². The van der Waals surface area contributed by atoms with Crippen LogP contribution in [0.5, 0.6) is 5.75 Å². The Balaban J connectivity index is 1.94. The lowest BCUT2D eigenvalue weighted by atomic mass is 10.2. The lowest BCUT2D eigenvalue weighted by Gasteiger charge is -2.06. The first kappa shape index (κ1) is 25.4. The highest BCUT2D eigenvalue weighted by Gasteiger charge is 2.17. The molecule has 0 spiro atoms. The standard InChI is InChI=1S/C30H25N3O3S/c1-4-17-36-26-8-6-5-7-22(26)18-27-29(35)33(24-15-11-21(3)12-16-24)30(37-27)25(19-31)28(34)32-23-13-9-20(2)10-14-23/h4-16,18H,1,17H2,2-3H3,(H,32,34). The number of hydrogen-bond acceptors (Lipinski definition) is 5. The molecule has 0 aliphatic rings. The van der Waals surface area contributed by atoms with E-state index >= 15 is 0 Å². The number of nitrogens with one attached hydrogen (secondary N) is 1. The molecule has 0 saturated heterocycles. The molecule has 0 aliphatic carbocycles. The molecule has 6 nitrogen and oxygen atoms in total. The molecule has 3 aromatic carbocycles. The van der Waals surface area contributed by atoms with Crippen molar-refractivity contribution in [3.05, 3.63) is 122 Å². The maximum atomic E-state index is 13.7. The highest BCUT2D eigenvalue weighted by Crippen LogP contribution is 2.18. The van der Waals surface area contributed by atoms with Crippen molar-refractivity contribution < 1.29 is 9.53 Å². The molecule has 1 amide bonds. The summed E-state index contributed by atoms with van der Waals surface area (Å²) < 4.78 is 7.76. The summed E-state index contributed by atoms with van der Waals surface area (Å²) in [6.45, 7) is 7.89. The summed E-state index contributed by atoms with van der Waals surface area (Å²) in [6, 6.07) is 24.0. The SMILES string of the molecule is C=CCOc1ccccc1C=c1sc(=C(C#N)C(=O)Nc2ccc(C)cc2)n(-c2ccc(C)cc2)c1=O. The number of carbonyl (C=O) groups excluding carboxylic acids is 1. The van der Waals surface area contributed by atoms with E-state index in [1.165, 1.54) is 4.57 Å². The monoisotopic (exact) mass is 507 g/mol. The summed E-state index contributed by atoms with van der Waals surface area (Å²) >= 11 is 1.09. The number of aryl methyl sites for hydroxylation is 2. The Morgan fingerprint density at radius 3 is 2.35 bits per heavy atom. The zero-order valence-electron chi connectivity index (χ0n) is 20.5. The van der Waals surface area contributed by atoms with Gasteiger partial charge in [-0.3, -0.25) is 14.2 Å². The molecule has 0 bridgehead atoms. The van der Waals surface area contributed by atoms with E-state index in [1.54, 1.807) is 36.4 Å². The summed E-state index contributed by atoms with van der Waals surface area (Å²) in [5.41, 5.74) is 3.41. The predicted octanol–water partition coefficient (Wildman–Crippen LogP) is 4.22. The summed E-state index contributed by atoms with van der Waals surface area (Å²) in [6.07, 6.45) is 3.36. The largest absolute Gasteiger partial charge is 0.489 e. The van der Waals surface area contributed by atoms with Crippen LogP contribution >= 0.6 is 11.3 Å². The number of amides is 1. The van der Waals surface area contributed by atoms with Gasteiger partial charge in [0.15, 0.2) is 5.57 Å². The molecule has 0 saturated carbocycles. The molecule has 7 heteroatoms. The van der Waals surface area contributed by atoms with Gasteiger partial charge >= 0.3 is 0 Å². The molecular formula is C30H25N3O3S. The number of carbonyl (C=O) groups is 1. The fourth-order valence-electron chi connectivity index (χ4n) is 3.63. The van der Waals surface area contributed by atoms with Crippen molar-refractivity contribution in [2.45, 2.75) is 13.8 Å². The van der Waals surface area contributed by atoms with Crippen molar-refractivity contribution in [3.63, 3.8) is 0 Å². The Labute approximate surface area is 218 Å². The smallest absolute Gasteiger partial charge is 0.273 e. The van der Waals surface area contributed by atoms with Crippen LogP contribution in [-0.4, -0.2) is 17.1 Å². The molecule has 4 rings (SSSR count). The summed E-state index contributed by atoms with van der Waals surface area (Å²) in [7, 11) is 0. The number of aromatic nitrogens is 1. The van der Waals surface area contributed by atoms with Gasteiger partial charge in [-0.25, -0.2) is 0 Å². The van der Waals surface area contributed by atoms with Crippen molar-refractivity contribution in [2.24, 2.45) is 0 Å². The molecule has 184 valence electrons. The number of ether oxygens (including phenoxy) is 1. The molecule has 0 fully saturated rings. The Morgan fingerprint density at radius 1 is 1.05 bits per heavy atom. The van der Waals surface area contributed by atoms with Crippen molar-refractivity contribution in [2.75, 3.05) is 11.9 Å². The fourth-order valence-corrected chi connectivity index (χ4v) is 4.72. The quantitative estimate of drug-likeness (QED) is 0.380. The van der Waals surface area contributed by atoms with Gasteiger partial charge in [0.2, 0.25) is 0 Å². The number of nitrogens with zero attached hydrogens (tertiary/aromatic N) is 2. The average Bonchev–Trinajstić information content (AvgIpc) is 3.21. The van der Waals surface area contributed by atoms with Crippen molar-refractivity contribution in [1.82, 2.24) is 4.57 Å². The second-order valence-electron chi connectivity index (χ2n) is 8.34. The van der Waals surface area contributed by atoms with Gasteiger partial charge in [-0.2, -0.15) is 5.26 Å². The normalized spacial score (nSPS) is 12.0. The first-order chi connectivity index (χ1) is 17.9. The van der Waals surface area contributed by atoms with Gasteiger partial charge in [-0.05, 0) is 50.3 Å². The summed E-state index contributed by atoms with van der Waals surface area (Å²) in [4.78, 5) is 26.9. The topological polar surface area (TPSA) is 84.1 Å². The number of para-hydroxylation sites is 1. The second kappa shape index (κ2) is 11.4. The maximum absolute atomic E-state index is 13.7. The molecule has 37 heavy (non-hydrogen) atoms. The summed E-state index contributed by atoms with van der Waals surface area (Å²) in [5, 5.41) is 12.8. The van der Waals surface area contributed by atoms with Crippen molar-refractivity contribution in [3.8, 4) is 17.5 Å². The van der Waals surface area contributed by atoms with Crippen LogP contribution in [0.25, 0.3) is 17.3 Å². The number of rotatable bonds is 7. The van der Waals surface area contributed by atoms with Gasteiger partial charge < -0.3 is 10.1 Å². The molecule has 1 N–H and O–H groups in total. The van der Waals surface area contributed by atoms with Crippen LogP contribution in [0.3, 0.4) is 0 Å². The van der Waals surface area contributed by atoms with E-state index in [1.807, 2.05) is 68.4 Å². The van der Waals surface area contributed by atoms with Crippen molar-refractivity contribution >= 4 is 34.6 Å². The zero-order valence-corrected chi connectivity index (χ0v) is 21.3. The molecule has 1 aromatic heterocycles. The van der Waals surface area contributed by atoms with Crippen LogP contribution in [0, 0.1) is 25.2 Å².